The molecule has 1 fully saturated rings. The molecule has 0 aliphatic carbocycles. The van der Waals surface area contributed by atoms with Gasteiger partial charge >= 0.3 is 29.8 Å². The Morgan fingerprint density at radius 3 is 1.13 bits per heavy atom. The zero-order chi connectivity index (χ0) is 48.8. The van der Waals surface area contributed by atoms with Gasteiger partial charge in [-0.25, -0.2) is 24.0 Å². The first kappa shape index (κ1) is 44.0. The van der Waals surface area contributed by atoms with E-state index in [1.54, 1.807) is 0 Å². The van der Waals surface area contributed by atoms with Crippen molar-refractivity contribution in [1.82, 2.24) is 0 Å². The topological polar surface area (TPSA) is 444 Å². The quantitative estimate of drug-likeness (QED) is 0.0679. The van der Waals surface area contributed by atoms with Crippen molar-refractivity contribution in [2.45, 2.75) is 30.7 Å². The maximum absolute atomic E-state index is 14.6. The van der Waals surface area contributed by atoms with Gasteiger partial charge in [-0.1, -0.05) is 0 Å². The molecule has 0 aromatic heterocycles. The Bertz CT molecular complexity index is 3020. The molecule has 67 heavy (non-hydrogen) atoms. The van der Waals surface area contributed by atoms with Gasteiger partial charge in [0.25, 0.3) is 0 Å². The highest BCUT2D eigenvalue weighted by Gasteiger charge is 2.56. The lowest BCUT2D eigenvalue weighted by molar-refractivity contribution is -0.282. The summed E-state index contributed by atoms with van der Waals surface area (Å²) < 4.78 is 33.7. The molecular weight excluding hydrogens is 908 g/mol. The van der Waals surface area contributed by atoms with E-state index in [1.165, 1.54) is 0 Å². The smallest absolute Gasteiger partial charge is 0.340 e. The molecule has 26 nitrogen and oxygen atoms in total. The summed E-state index contributed by atoms with van der Waals surface area (Å²) in [4.78, 5) is 71.1. The molecule has 8 rings (SSSR count). The molecule has 0 radical (unpaired) electrons. The van der Waals surface area contributed by atoms with E-state index >= 15 is 0 Å². The number of cyclic esters (lactones) is 1. The van der Waals surface area contributed by atoms with Gasteiger partial charge in [-0.05, 0) is 36.4 Å². The molecule has 5 aromatic carbocycles. The van der Waals surface area contributed by atoms with Crippen LogP contribution in [0.15, 0.2) is 36.4 Å². The number of ether oxygens (including phenoxy) is 6. The summed E-state index contributed by atoms with van der Waals surface area (Å²) in [6.45, 7) is -1.29. The summed E-state index contributed by atoms with van der Waals surface area (Å²) in [5.41, 5.74) is -9.64. The number of benzene rings is 5. The Balaban J connectivity index is 1.41. The number of phenolic OH excluding ortho intramolecular Hbond substituents is 15. The third-order valence-corrected chi connectivity index (χ3v) is 10.6. The minimum Gasteiger partial charge on any atom is -0.504 e. The minimum absolute atomic E-state index is 0.369. The van der Waals surface area contributed by atoms with Crippen LogP contribution >= 0.6 is 0 Å². The van der Waals surface area contributed by atoms with E-state index in [2.05, 4.69) is 0 Å². The summed E-state index contributed by atoms with van der Waals surface area (Å²) in [7, 11) is 0. The number of rotatable bonds is 2. The van der Waals surface area contributed by atoms with Gasteiger partial charge < -0.3 is 105 Å². The van der Waals surface area contributed by atoms with Crippen molar-refractivity contribution >= 4 is 29.8 Å². The fourth-order valence-electron chi connectivity index (χ4n) is 7.44. The molecule has 0 saturated carbocycles. The molecule has 15 N–H and O–H groups in total. The Labute approximate surface area is 368 Å². The maximum atomic E-state index is 14.6. The van der Waals surface area contributed by atoms with Crippen LogP contribution in [-0.2, 0) is 28.4 Å². The van der Waals surface area contributed by atoms with E-state index < -0.39 is 203 Å². The first-order chi connectivity index (χ1) is 31.5. The SMILES string of the molecule is O=C(O[C@@H]1O[C@@H]2COC(=O)c3cc(O)c(O)c(O)c3-c3c(cc(O)c(O)c3O)C(=O)O[C@@H]3[C@H]1OC(=O)c1cc(O)c(O)c(O)c1-c1c(cc(O)c(O)c1O)C(=O)O[C@@H]32)c1cc(O)c(O)c(O)c1. The molecule has 5 atom stereocenters. The predicted molar refractivity (Wildman–Crippen MR) is 207 cm³/mol. The molecular formula is C41H28O26. The van der Waals surface area contributed by atoms with Gasteiger partial charge in [0, 0.05) is 22.3 Å². The van der Waals surface area contributed by atoms with Gasteiger partial charge in [0.05, 0.1) is 27.8 Å². The summed E-state index contributed by atoms with van der Waals surface area (Å²) in [6, 6.07) is 2.73. The number of aromatic hydroxyl groups is 15. The van der Waals surface area contributed by atoms with Gasteiger partial charge in [0.2, 0.25) is 35.4 Å². The Morgan fingerprint density at radius 2 is 0.746 bits per heavy atom. The standard InChI is InChI=1S/C41H28O26/c42-13-1-8(2-14(43)24(13)48)36(57)67-41-35-34-33(64-38(59)10-4-16(45)27(51)31(55)22(10)23-12(40(61)66-35)6-18(47)28(52)32(23)56)19(63-41)7-62-37(58)9-3-15(44)25(49)29(53)20(9)21-11(39(60)65-34)5-17(46)26(50)30(21)54/h1-6,19,33-35,41-56H,7H2/t19-,33-,34+,35-,41+/m1/s1. The van der Waals surface area contributed by atoms with Crippen molar-refractivity contribution in [3.05, 3.63) is 64.2 Å². The maximum Gasteiger partial charge on any atom is 0.340 e. The van der Waals surface area contributed by atoms with Crippen LogP contribution in [0.4, 0.5) is 0 Å². The number of hydrogen-bond acceptors (Lipinski definition) is 26. The van der Waals surface area contributed by atoms with Gasteiger partial charge in [-0.3, -0.25) is 0 Å². The van der Waals surface area contributed by atoms with Crippen LogP contribution in [-0.4, -0.2) is 144 Å². The zero-order valence-electron chi connectivity index (χ0n) is 32.8. The van der Waals surface area contributed by atoms with Gasteiger partial charge in [0.15, 0.2) is 75.5 Å². The number of esters is 5. The van der Waals surface area contributed by atoms with Crippen LogP contribution in [0, 0.1) is 0 Å². The largest absolute Gasteiger partial charge is 0.504 e. The molecule has 26 heteroatoms. The lowest BCUT2D eigenvalue weighted by Gasteiger charge is -2.44. The van der Waals surface area contributed by atoms with Gasteiger partial charge in [-0.15, -0.1) is 0 Å². The Morgan fingerprint density at radius 1 is 0.418 bits per heavy atom. The van der Waals surface area contributed by atoms with Crippen LogP contribution in [0.5, 0.6) is 86.2 Å². The summed E-state index contributed by atoms with van der Waals surface area (Å²) >= 11 is 0. The molecule has 5 aromatic rings. The molecule has 0 amide bonds. The van der Waals surface area contributed by atoms with Crippen LogP contribution in [0.25, 0.3) is 22.3 Å². The lowest BCUT2D eigenvalue weighted by Crippen LogP contribution is -2.63. The summed E-state index contributed by atoms with van der Waals surface area (Å²) in [5, 5.41) is 159. The van der Waals surface area contributed by atoms with E-state index in [0.717, 1.165) is 0 Å². The molecule has 0 spiro atoms. The lowest BCUT2D eigenvalue weighted by atomic mass is 9.91. The van der Waals surface area contributed by atoms with E-state index in [4.69, 9.17) is 28.4 Å². The molecule has 348 valence electrons. The predicted octanol–water partition coefficient (Wildman–Crippen LogP) is 1.65. The molecule has 3 heterocycles. The van der Waals surface area contributed by atoms with Crippen LogP contribution in [0.2, 0.25) is 0 Å². The first-order valence-corrected chi connectivity index (χ1v) is 18.6. The average molecular weight is 937 g/mol. The van der Waals surface area contributed by atoms with Crippen molar-refractivity contribution in [3.8, 4) is 108 Å². The summed E-state index contributed by atoms with van der Waals surface area (Å²) in [6.07, 6.45) is -12.3. The van der Waals surface area contributed by atoms with Crippen LogP contribution in [0.3, 0.4) is 0 Å². The first-order valence-electron chi connectivity index (χ1n) is 18.6. The highest BCUT2D eigenvalue weighted by molar-refractivity contribution is 6.10. The van der Waals surface area contributed by atoms with Crippen LogP contribution in [0.1, 0.15) is 51.8 Å². The molecule has 1 saturated heterocycles. The Kier molecular flexibility index (Phi) is 10.2. The van der Waals surface area contributed by atoms with Crippen LogP contribution < -0.4 is 0 Å². The van der Waals surface area contributed by atoms with Crippen molar-refractivity contribution < 1.29 is 129 Å². The second-order valence-electron chi connectivity index (χ2n) is 14.6. The average Bonchev–Trinajstić information content (AvgIpc) is 3.28. The van der Waals surface area contributed by atoms with Crippen molar-refractivity contribution in [3.63, 3.8) is 0 Å². The van der Waals surface area contributed by atoms with Crippen molar-refractivity contribution in [1.29, 1.82) is 0 Å². The normalized spacial score (nSPS) is 20.0. The van der Waals surface area contributed by atoms with Gasteiger partial charge in [0.1, 0.15) is 12.7 Å². The number of fused-ring (bicyclic) bond motifs is 6. The number of phenols is 15. The second kappa shape index (κ2) is 15.6. The Hall–Kier alpha value is -9.59. The molecule has 0 unspecified atom stereocenters. The number of carbonyl (C=O) groups is 5. The van der Waals surface area contributed by atoms with E-state index in [0.29, 0.717) is 36.4 Å². The molecule has 4 bridgehead atoms. The van der Waals surface area contributed by atoms with E-state index in [9.17, 15) is 101 Å². The monoisotopic (exact) mass is 936 g/mol. The highest BCUT2D eigenvalue weighted by atomic mass is 16.7. The fourth-order valence-corrected chi connectivity index (χ4v) is 7.44. The van der Waals surface area contributed by atoms with E-state index in [1.807, 2.05) is 0 Å². The van der Waals surface area contributed by atoms with Crippen molar-refractivity contribution in [2.24, 2.45) is 0 Å². The number of hydrogen-bond donors (Lipinski definition) is 15. The second-order valence-corrected chi connectivity index (χ2v) is 14.6. The fraction of sp³-hybridized carbons (Fsp3) is 0.146. The van der Waals surface area contributed by atoms with Gasteiger partial charge in [-0.2, -0.15) is 0 Å². The number of carbonyl (C=O) groups excluding carboxylic acids is 5. The van der Waals surface area contributed by atoms with E-state index in [-0.39, 0.29) is 0 Å². The zero-order valence-corrected chi connectivity index (χ0v) is 32.8. The molecule has 3 aliphatic heterocycles. The molecule has 3 aliphatic rings. The minimum atomic E-state index is -2.58. The third-order valence-electron chi connectivity index (χ3n) is 10.6. The highest BCUT2D eigenvalue weighted by Crippen LogP contribution is 2.55. The third kappa shape index (κ3) is 6.91. The van der Waals surface area contributed by atoms with Crippen molar-refractivity contribution in [2.75, 3.05) is 6.61 Å². The summed E-state index contributed by atoms with van der Waals surface area (Å²) in [5.74, 6) is -28.7.